The molecule has 0 saturated heterocycles. The summed E-state index contributed by atoms with van der Waals surface area (Å²) in [5.41, 5.74) is 3.98. The molecular weight excluding hydrogens is 208 g/mol. The van der Waals surface area contributed by atoms with Gasteiger partial charge >= 0.3 is 0 Å². The van der Waals surface area contributed by atoms with Gasteiger partial charge in [-0.1, -0.05) is 13.8 Å². The van der Waals surface area contributed by atoms with E-state index in [1.54, 1.807) is 6.20 Å². The third-order valence-corrected chi connectivity index (χ3v) is 3.97. The van der Waals surface area contributed by atoms with Crippen LogP contribution < -0.4 is 11.3 Å². The lowest BCUT2D eigenvalue weighted by Crippen LogP contribution is -2.31. The molecule has 0 bridgehead atoms. The molecule has 0 radical (unpaired) electrons. The summed E-state index contributed by atoms with van der Waals surface area (Å²) < 4.78 is 1.86. The molecule has 5 heteroatoms. The molecule has 3 N–H and O–H groups in total. The number of thioether (sulfide) groups is 1. The van der Waals surface area contributed by atoms with Gasteiger partial charge in [-0.3, -0.25) is 16.0 Å². The molecule has 15 heavy (non-hydrogen) atoms. The van der Waals surface area contributed by atoms with E-state index >= 15 is 0 Å². The van der Waals surface area contributed by atoms with Crippen LogP contribution in [-0.2, 0) is 7.05 Å². The fraction of sp³-hybridized carbons (Fsp3) is 0.700. The molecule has 0 saturated carbocycles. The molecule has 4 nitrogen and oxygen atoms in total. The Bertz CT molecular complexity index is 287. The van der Waals surface area contributed by atoms with Crippen LogP contribution in [-0.4, -0.2) is 20.8 Å². The third kappa shape index (κ3) is 3.52. The molecule has 2 atom stereocenters. The number of hydrogen-bond donors (Lipinski definition) is 2. The topological polar surface area (TPSA) is 55.9 Å². The minimum Gasteiger partial charge on any atom is -0.271 e. The number of hydrazine groups is 1. The largest absolute Gasteiger partial charge is 0.271 e. The quantitative estimate of drug-likeness (QED) is 0.571. The minimum atomic E-state index is 0.177. The highest BCUT2D eigenvalue weighted by Crippen LogP contribution is 2.21. The lowest BCUT2D eigenvalue weighted by molar-refractivity contribution is 0.554. The smallest absolute Gasteiger partial charge is 0.0719 e. The van der Waals surface area contributed by atoms with Gasteiger partial charge in [-0.25, -0.2) is 0 Å². The van der Waals surface area contributed by atoms with Crippen LogP contribution in [0.1, 0.15) is 32.0 Å². The van der Waals surface area contributed by atoms with Gasteiger partial charge in [-0.15, -0.1) is 0 Å². The second-order valence-electron chi connectivity index (χ2n) is 3.65. The molecule has 1 rings (SSSR count). The highest BCUT2D eigenvalue weighted by molar-refractivity contribution is 7.99. The van der Waals surface area contributed by atoms with Crippen molar-refractivity contribution in [3.8, 4) is 0 Å². The number of nitrogens with zero attached hydrogens (tertiary/aromatic N) is 2. The van der Waals surface area contributed by atoms with Crippen LogP contribution in [0.4, 0.5) is 0 Å². The summed E-state index contributed by atoms with van der Waals surface area (Å²) >= 11 is 1.93. The Morgan fingerprint density at radius 2 is 2.40 bits per heavy atom. The van der Waals surface area contributed by atoms with Crippen LogP contribution >= 0.6 is 11.8 Å². The van der Waals surface area contributed by atoms with Crippen molar-refractivity contribution >= 4 is 11.8 Å². The summed E-state index contributed by atoms with van der Waals surface area (Å²) in [5, 5.41) is 4.82. The fourth-order valence-corrected chi connectivity index (χ4v) is 2.35. The molecule has 0 aliphatic carbocycles. The van der Waals surface area contributed by atoms with Crippen molar-refractivity contribution in [1.29, 1.82) is 0 Å². The average Bonchev–Trinajstić information content (AvgIpc) is 2.65. The van der Waals surface area contributed by atoms with E-state index in [0.29, 0.717) is 5.25 Å². The summed E-state index contributed by atoms with van der Waals surface area (Å²) in [4.78, 5) is 0. The first-order valence-electron chi connectivity index (χ1n) is 5.24. The molecule has 1 aromatic rings. The number of hydrogen-bond acceptors (Lipinski definition) is 4. The van der Waals surface area contributed by atoms with E-state index in [1.165, 1.54) is 6.42 Å². The number of aryl methyl sites for hydroxylation is 1. The molecule has 0 fully saturated rings. The van der Waals surface area contributed by atoms with Crippen molar-refractivity contribution in [3.63, 3.8) is 0 Å². The van der Waals surface area contributed by atoms with Crippen LogP contribution in [0.25, 0.3) is 0 Å². The standard InChI is InChI=1S/C10H20N4S/c1-4-8(2)15-7-9(13-11)10-5-6-12-14(10)3/h5-6,8-9,13H,4,7,11H2,1-3H3. The fourth-order valence-electron chi connectivity index (χ4n) is 1.32. The first-order valence-corrected chi connectivity index (χ1v) is 6.29. The maximum atomic E-state index is 5.56. The van der Waals surface area contributed by atoms with Gasteiger partial charge in [0.05, 0.1) is 11.7 Å². The number of nitrogens with one attached hydrogen (secondary N) is 1. The van der Waals surface area contributed by atoms with E-state index in [-0.39, 0.29) is 6.04 Å². The predicted octanol–water partition coefficient (Wildman–Crippen LogP) is 1.46. The molecule has 0 aromatic carbocycles. The van der Waals surface area contributed by atoms with Crippen molar-refractivity contribution in [2.75, 3.05) is 5.75 Å². The van der Waals surface area contributed by atoms with Gasteiger partial charge in [-0.2, -0.15) is 16.9 Å². The number of nitrogens with two attached hydrogens (primary N) is 1. The van der Waals surface area contributed by atoms with Crippen molar-refractivity contribution in [1.82, 2.24) is 15.2 Å². The Balaban J connectivity index is 2.53. The zero-order valence-electron chi connectivity index (χ0n) is 9.60. The highest BCUT2D eigenvalue weighted by Gasteiger charge is 2.14. The van der Waals surface area contributed by atoms with Gasteiger partial charge in [0.2, 0.25) is 0 Å². The van der Waals surface area contributed by atoms with E-state index < -0.39 is 0 Å². The lowest BCUT2D eigenvalue weighted by atomic mass is 10.2. The Hall–Kier alpha value is -0.520. The molecule has 86 valence electrons. The second kappa shape index (κ2) is 6.15. The zero-order chi connectivity index (χ0) is 11.3. The maximum Gasteiger partial charge on any atom is 0.0719 e. The van der Waals surface area contributed by atoms with Crippen LogP contribution in [0.15, 0.2) is 12.3 Å². The monoisotopic (exact) mass is 228 g/mol. The van der Waals surface area contributed by atoms with Gasteiger partial charge < -0.3 is 0 Å². The predicted molar refractivity (Wildman–Crippen MR) is 65.5 cm³/mol. The maximum absolute atomic E-state index is 5.56. The van der Waals surface area contributed by atoms with Crippen LogP contribution in [0.5, 0.6) is 0 Å². The zero-order valence-corrected chi connectivity index (χ0v) is 10.4. The van der Waals surface area contributed by atoms with Crippen LogP contribution in [0.2, 0.25) is 0 Å². The van der Waals surface area contributed by atoms with E-state index in [2.05, 4.69) is 24.4 Å². The van der Waals surface area contributed by atoms with Gasteiger partial charge in [-0.05, 0) is 12.5 Å². The third-order valence-electron chi connectivity index (χ3n) is 2.54. The number of rotatable bonds is 6. The highest BCUT2D eigenvalue weighted by atomic mass is 32.2. The molecule has 0 aliphatic heterocycles. The molecule has 0 spiro atoms. The van der Waals surface area contributed by atoms with E-state index in [0.717, 1.165) is 11.4 Å². The summed E-state index contributed by atoms with van der Waals surface area (Å²) in [7, 11) is 1.94. The molecule has 2 unspecified atom stereocenters. The number of aromatic nitrogens is 2. The normalized spacial score (nSPS) is 15.2. The van der Waals surface area contributed by atoms with Gasteiger partial charge in [0.25, 0.3) is 0 Å². The van der Waals surface area contributed by atoms with E-state index in [9.17, 15) is 0 Å². The first-order chi connectivity index (χ1) is 7.19. The molecule has 0 aliphatic rings. The first kappa shape index (κ1) is 12.5. The Labute approximate surface area is 95.6 Å². The van der Waals surface area contributed by atoms with Gasteiger partial charge in [0.1, 0.15) is 0 Å². The van der Waals surface area contributed by atoms with Crippen LogP contribution in [0.3, 0.4) is 0 Å². The molecular formula is C10H20N4S. The van der Waals surface area contributed by atoms with Crippen molar-refractivity contribution in [2.45, 2.75) is 31.6 Å². The van der Waals surface area contributed by atoms with Crippen molar-refractivity contribution < 1.29 is 0 Å². The van der Waals surface area contributed by atoms with Gasteiger partial charge in [0, 0.05) is 24.2 Å². The Morgan fingerprint density at radius 3 is 2.87 bits per heavy atom. The average molecular weight is 228 g/mol. The van der Waals surface area contributed by atoms with E-state index in [1.807, 2.05) is 29.6 Å². The van der Waals surface area contributed by atoms with Crippen molar-refractivity contribution in [3.05, 3.63) is 18.0 Å². The molecule has 1 aromatic heterocycles. The van der Waals surface area contributed by atoms with Gasteiger partial charge in [0.15, 0.2) is 0 Å². The second-order valence-corrected chi connectivity index (χ2v) is 5.12. The summed E-state index contributed by atoms with van der Waals surface area (Å²) in [6.07, 6.45) is 2.99. The lowest BCUT2D eigenvalue weighted by Gasteiger charge is -2.17. The van der Waals surface area contributed by atoms with Crippen LogP contribution in [0, 0.1) is 0 Å². The Kier molecular flexibility index (Phi) is 5.14. The molecule has 1 heterocycles. The molecule has 0 amide bonds. The van der Waals surface area contributed by atoms with E-state index in [4.69, 9.17) is 5.84 Å². The minimum absolute atomic E-state index is 0.177. The Morgan fingerprint density at radius 1 is 1.67 bits per heavy atom. The summed E-state index contributed by atoms with van der Waals surface area (Å²) in [6, 6.07) is 2.18. The summed E-state index contributed by atoms with van der Waals surface area (Å²) in [5.74, 6) is 6.53. The SMILES string of the molecule is CCC(C)SCC(NN)c1ccnn1C. The summed E-state index contributed by atoms with van der Waals surface area (Å²) in [6.45, 7) is 4.44. The van der Waals surface area contributed by atoms with Crippen molar-refractivity contribution in [2.24, 2.45) is 12.9 Å².